The number of nitrogens with one attached hydrogen (secondary N) is 1. The summed E-state index contributed by atoms with van der Waals surface area (Å²) in [6, 6.07) is 2.29. The molecule has 0 aliphatic rings. The number of aromatic nitrogens is 1. The van der Waals surface area contributed by atoms with Gasteiger partial charge < -0.3 is 15.3 Å². The molecule has 1 aromatic heterocycles. The standard InChI is InChI=1S/C16H29N3O/c1-11-8-12(2)18-14(4)15(11)13(3)17-9-16(5,20)10-19(6)7/h8,13,17,20H,9-10H2,1-7H3. The van der Waals surface area contributed by atoms with E-state index in [9.17, 15) is 5.11 Å². The van der Waals surface area contributed by atoms with E-state index in [1.807, 2.05) is 39.8 Å². The van der Waals surface area contributed by atoms with E-state index in [2.05, 4.69) is 30.2 Å². The Morgan fingerprint density at radius 2 is 1.95 bits per heavy atom. The molecule has 1 heterocycles. The molecule has 4 heteroatoms. The Hall–Kier alpha value is -0.970. The highest BCUT2D eigenvalue weighted by Crippen LogP contribution is 2.21. The number of aliphatic hydroxyl groups is 1. The third kappa shape index (κ3) is 4.85. The summed E-state index contributed by atoms with van der Waals surface area (Å²) >= 11 is 0. The molecule has 0 saturated carbocycles. The Bertz CT molecular complexity index is 432. The molecule has 0 fully saturated rings. The summed E-state index contributed by atoms with van der Waals surface area (Å²) < 4.78 is 0. The minimum Gasteiger partial charge on any atom is -0.388 e. The molecule has 0 aliphatic heterocycles. The van der Waals surface area contributed by atoms with E-state index in [4.69, 9.17) is 0 Å². The van der Waals surface area contributed by atoms with Crippen molar-refractivity contribution >= 4 is 0 Å². The van der Waals surface area contributed by atoms with Gasteiger partial charge >= 0.3 is 0 Å². The van der Waals surface area contributed by atoms with Crippen LogP contribution in [-0.2, 0) is 0 Å². The molecule has 0 amide bonds. The summed E-state index contributed by atoms with van der Waals surface area (Å²) in [6.45, 7) is 11.4. The van der Waals surface area contributed by atoms with Gasteiger partial charge in [0, 0.05) is 30.5 Å². The first-order valence-corrected chi connectivity index (χ1v) is 7.17. The Kier molecular flexibility index (Phi) is 5.68. The lowest BCUT2D eigenvalue weighted by Gasteiger charge is -2.29. The quantitative estimate of drug-likeness (QED) is 0.836. The zero-order valence-corrected chi connectivity index (χ0v) is 13.9. The predicted octanol–water partition coefficient (Wildman–Crippen LogP) is 1.97. The van der Waals surface area contributed by atoms with Crippen LogP contribution < -0.4 is 5.32 Å². The second-order valence-corrected chi connectivity index (χ2v) is 6.42. The second-order valence-electron chi connectivity index (χ2n) is 6.42. The van der Waals surface area contributed by atoms with E-state index in [0.717, 1.165) is 11.4 Å². The molecule has 114 valence electrons. The fourth-order valence-corrected chi connectivity index (χ4v) is 2.90. The predicted molar refractivity (Wildman–Crippen MR) is 84.0 cm³/mol. The summed E-state index contributed by atoms with van der Waals surface area (Å²) in [4.78, 5) is 6.53. The molecule has 0 bridgehead atoms. The van der Waals surface area contributed by atoms with E-state index in [0.29, 0.717) is 13.1 Å². The molecule has 0 radical (unpaired) electrons. The monoisotopic (exact) mass is 279 g/mol. The molecule has 20 heavy (non-hydrogen) atoms. The lowest BCUT2D eigenvalue weighted by atomic mass is 9.99. The Morgan fingerprint density at radius 1 is 1.35 bits per heavy atom. The second kappa shape index (κ2) is 6.66. The molecule has 0 aliphatic carbocycles. The van der Waals surface area contributed by atoms with Crippen molar-refractivity contribution < 1.29 is 5.11 Å². The smallest absolute Gasteiger partial charge is 0.0869 e. The zero-order chi connectivity index (χ0) is 15.5. The molecule has 1 rings (SSSR count). The van der Waals surface area contributed by atoms with Crippen molar-refractivity contribution in [2.75, 3.05) is 27.2 Å². The maximum atomic E-state index is 10.3. The average Bonchev–Trinajstić information content (AvgIpc) is 2.23. The number of hydrogen-bond donors (Lipinski definition) is 2. The van der Waals surface area contributed by atoms with Gasteiger partial charge in [-0.2, -0.15) is 0 Å². The van der Waals surface area contributed by atoms with Crippen molar-refractivity contribution in [1.82, 2.24) is 15.2 Å². The molecular weight excluding hydrogens is 250 g/mol. The number of aryl methyl sites for hydroxylation is 3. The normalized spacial score (nSPS) is 16.2. The molecule has 0 spiro atoms. The summed E-state index contributed by atoms with van der Waals surface area (Å²) in [5, 5.41) is 13.8. The van der Waals surface area contributed by atoms with Crippen LogP contribution in [0.15, 0.2) is 6.07 Å². The summed E-state index contributed by atoms with van der Waals surface area (Å²) in [7, 11) is 3.94. The van der Waals surface area contributed by atoms with Crippen LogP contribution in [0, 0.1) is 20.8 Å². The number of nitrogens with zero attached hydrogens (tertiary/aromatic N) is 2. The van der Waals surface area contributed by atoms with Gasteiger partial charge in [-0.1, -0.05) is 0 Å². The van der Waals surface area contributed by atoms with Gasteiger partial charge in [-0.05, 0) is 65.9 Å². The number of rotatable bonds is 6. The van der Waals surface area contributed by atoms with E-state index >= 15 is 0 Å². The highest BCUT2D eigenvalue weighted by atomic mass is 16.3. The van der Waals surface area contributed by atoms with Crippen molar-refractivity contribution in [3.05, 3.63) is 28.6 Å². The lowest BCUT2D eigenvalue weighted by molar-refractivity contribution is 0.0317. The molecule has 4 nitrogen and oxygen atoms in total. The van der Waals surface area contributed by atoms with E-state index in [1.165, 1.54) is 11.1 Å². The summed E-state index contributed by atoms with van der Waals surface area (Å²) in [5.41, 5.74) is 3.86. The minimum absolute atomic E-state index is 0.178. The third-order valence-corrected chi connectivity index (χ3v) is 3.46. The summed E-state index contributed by atoms with van der Waals surface area (Å²) in [5.74, 6) is 0. The van der Waals surface area contributed by atoms with Crippen LogP contribution >= 0.6 is 0 Å². The topological polar surface area (TPSA) is 48.4 Å². The van der Waals surface area contributed by atoms with Crippen LogP contribution in [0.25, 0.3) is 0 Å². The van der Waals surface area contributed by atoms with Crippen LogP contribution in [-0.4, -0.2) is 47.8 Å². The van der Waals surface area contributed by atoms with Gasteiger partial charge in [0.05, 0.1) is 5.60 Å². The van der Waals surface area contributed by atoms with Crippen molar-refractivity contribution in [1.29, 1.82) is 0 Å². The van der Waals surface area contributed by atoms with Gasteiger partial charge in [-0.15, -0.1) is 0 Å². The van der Waals surface area contributed by atoms with Crippen LogP contribution in [0.1, 0.15) is 42.4 Å². The third-order valence-electron chi connectivity index (χ3n) is 3.46. The van der Waals surface area contributed by atoms with Gasteiger partial charge in [0.2, 0.25) is 0 Å². The fourth-order valence-electron chi connectivity index (χ4n) is 2.90. The van der Waals surface area contributed by atoms with E-state index in [1.54, 1.807) is 0 Å². The maximum absolute atomic E-state index is 10.3. The van der Waals surface area contributed by atoms with Crippen LogP contribution in [0.4, 0.5) is 0 Å². The van der Waals surface area contributed by atoms with Crippen LogP contribution in [0.2, 0.25) is 0 Å². The highest BCUT2D eigenvalue weighted by Gasteiger charge is 2.23. The molecule has 2 N–H and O–H groups in total. The molecule has 1 aromatic rings. The van der Waals surface area contributed by atoms with Crippen LogP contribution in [0.5, 0.6) is 0 Å². The molecular formula is C16H29N3O. The average molecular weight is 279 g/mol. The SMILES string of the molecule is Cc1cc(C)c(C(C)NCC(C)(O)CN(C)C)c(C)n1. The molecule has 2 atom stereocenters. The first-order valence-electron chi connectivity index (χ1n) is 7.17. The van der Waals surface area contributed by atoms with Gasteiger partial charge in [-0.3, -0.25) is 4.98 Å². The minimum atomic E-state index is -0.738. The van der Waals surface area contributed by atoms with E-state index < -0.39 is 5.60 Å². The Labute approximate surface area is 123 Å². The number of hydrogen-bond acceptors (Lipinski definition) is 4. The Balaban J connectivity index is 2.75. The Morgan fingerprint density at radius 3 is 2.45 bits per heavy atom. The van der Waals surface area contributed by atoms with Crippen molar-refractivity contribution in [3.8, 4) is 0 Å². The van der Waals surface area contributed by atoms with Crippen molar-refractivity contribution in [2.24, 2.45) is 0 Å². The summed E-state index contributed by atoms with van der Waals surface area (Å²) in [6.07, 6.45) is 0. The van der Waals surface area contributed by atoms with E-state index in [-0.39, 0.29) is 6.04 Å². The molecule has 2 unspecified atom stereocenters. The molecule has 0 saturated heterocycles. The van der Waals surface area contributed by atoms with Crippen LogP contribution in [0.3, 0.4) is 0 Å². The number of pyridine rings is 1. The number of likely N-dealkylation sites (N-methyl/N-ethyl adjacent to an activating group) is 1. The first kappa shape index (κ1) is 17.1. The maximum Gasteiger partial charge on any atom is 0.0869 e. The van der Waals surface area contributed by atoms with Crippen molar-refractivity contribution in [3.63, 3.8) is 0 Å². The van der Waals surface area contributed by atoms with Crippen molar-refractivity contribution in [2.45, 2.75) is 46.3 Å². The first-order chi connectivity index (χ1) is 9.12. The van der Waals surface area contributed by atoms with Gasteiger partial charge in [0.25, 0.3) is 0 Å². The fraction of sp³-hybridized carbons (Fsp3) is 0.688. The largest absolute Gasteiger partial charge is 0.388 e. The highest BCUT2D eigenvalue weighted by molar-refractivity contribution is 5.33. The lowest BCUT2D eigenvalue weighted by Crippen LogP contribution is -2.46. The zero-order valence-electron chi connectivity index (χ0n) is 13.9. The van der Waals surface area contributed by atoms with Gasteiger partial charge in [0.15, 0.2) is 0 Å². The molecule has 0 aromatic carbocycles. The van der Waals surface area contributed by atoms with Gasteiger partial charge in [0.1, 0.15) is 0 Å². The van der Waals surface area contributed by atoms with Gasteiger partial charge in [-0.25, -0.2) is 0 Å².